The van der Waals surface area contributed by atoms with Crippen LogP contribution in [0.3, 0.4) is 0 Å². The zero-order chi connectivity index (χ0) is 13.5. The summed E-state index contributed by atoms with van der Waals surface area (Å²) in [5.41, 5.74) is 0. The summed E-state index contributed by atoms with van der Waals surface area (Å²) < 4.78 is 0. The molecule has 18 heavy (non-hydrogen) atoms. The predicted molar refractivity (Wildman–Crippen MR) is 80.1 cm³/mol. The molecule has 108 valence electrons. The molecular weight excluding hydrogens is 222 g/mol. The van der Waals surface area contributed by atoms with Crippen molar-refractivity contribution in [2.24, 2.45) is 0 Å². The molecule has 0 radical (unpaired) electrons. The number of likely N-dealkylation sites (N-methyl/N-ethyl adjacent to an activating group) is 1. The maximum atomic E-state index is 3.63. The minimum absolute atomic E-state index is 0.598. The lowest BCUT2D eigenvalue weighted by Gasteiger charge is -2.32. The molecule has 3 atom stereocenters. The normalized spacial score (nSPS) is 24.7. The maximum Gasteiger partial charge on any atom is 0.0235 e. The molecule has 1 rings (SSSR count). The lowest BCUT2D eigenvalue weighted by atomic mass is 10.1. The summed E-state index contributed by atoms with van der Waals surface area (Å²) in [6.45, 7) is 17.5. The Morgan fingerprint density at radius 3 is 2.44 bits per heavy atom. The zero-order valence-corrected chi connectivity index (χ0v) is 13.1. The van der Waals surface area contributed by atoms with Gasteiger partial charge in [-0.2, -0.15) is 0 Å². The van der Waals surface area contributed by atoms with E-state index < -0.39 is 0 Å². The molecule has 1 aliphatic rings. The van der Waals surface area contributed by atoms with Gasteiger partial charge in [0.15, 0.2) is 0 Å². The lowest BCUT2D eigenvalue weighted by Crippen LogP contribution is -2.47. The summed E-state index contributed by atoms with van der Waals surface area (Å²) in [4.78, 5) is 5.27. The molecule has 0 aromatic carbocycles. The minimum atomic E-state index is 0.598. The summed E-state index contributed by atoms with van der Waals surface area (Å²) in [6, 6.07) is 2.03. The van der Waals surface area contributed by atoms with Gasteiger partial charge in [0.2, 0.25) is 0 Å². The van der Waals surface area contributed by atoms with Gasteiger partial charge in [-0.1, -0.05) is 20.8 Å². The zero-order valence-electron chi connectivity index (χ0n) is 13.1. The van der Waals surface area contributed by atoms with Crippen LogP contribution in [0.4, 0.5) is 0 Å². The van der Waals surface area contributed by atoms with Crippen LogP contribution < -0.4 is 5.32 Å². The van der Waals surface area contributed by atoms with Gasteiger partial charge in [-0.25, -0.2) is 0 Å². The standard InChI is InChI=1S/C15H33N3/c1-6-10-16-13(4)14(5)18-11-9-15(12-18)17(7-2)8-3/h13-16H,6-12H2,1-5H3. The van der Waals surface area contributed by atoms with Crippen molar-refractivity contribution in [1.29, 1.82) is 0 Å². The van der Waals surface area contributed by atoms with Crippen LogP contribution in [0.15, 0.2) is 0 Å². The highest BCUT2D eigenvalue weighted by atomic mass is 15.3. The third kappa shape index (κ3) is 4.22. The van der Waals surface area contributed by atoms with E-state index in [1.54, 1.807) is 0 Å². The average molecular weight is 255 g/mol. The molecule has 1 heterocycles. The quantitative estimate of drug-likeness (QED) is 0.717. The van der Waals surface area contributed by atoms with E-state index >= 15 is 0 Å². The van der Waals surface area contributed by atoms with Gasteiger partial charge in [0.1, 0.15) is 0 Å². The predicted octanol–water partition coefficient (Wildman–Crippen LogP) is 2.18. The van der Waals surface area contributed by atoms with Gasteiger partial charge in [-0.05, 0) is 46.3 Å². The Bertz CT molecular complexity index is 216. The Balaban J connectivity index is 2.40. The molecule has 1 N–H and O–H groups in total. The molecule has 0 bridgehead atoms. The molecule has 3 unspecified atom stereocenters. The summed E-state index contributed by atoms with van der Waals surface area (Å²) in [5.74, 6) is 0. The van der Waals surface area contributed by atoms with Crippen molar-refractivity contribution >= 4 is 0 Å². The molecule has 1 aliphatic heterocycles. The van der Waals surface area contributed by atoms with Crippen LogP contribution in [0.5, 0.6) is 0 Å². The molecule has 1 saturated heterocycles. The second kappa shape index (κ2) is 8.13. The van der Waals surface area contributed by atoms with Crippen LogP contribution in [-0.2, 0) is 0 Å². The molecule has 3 heteroatoms. The van der Waals surface area contributed by atoms with Gasteiger partial charge in [0.05, 0.1) is 0 Å². The van der Waals surface area contributed by atoms with E-state index in [1.807, 2.05) is 0 Å². The number of rotatable bonds is 8. The second-order valence-corrected chi connectivity index (χ2v) is 5.64. The van der Waals surface area contributed by atoms with E-state index in [1.165, 1.54) is 39.0 Å². The Kier molecular flexibility index (Phi) is 7.20. The first-order valence-corrected chi connectivity index (χ1v) is 7.85. The number of likely N-dealkylation sites (tertiary alicyclic amines) is 1. The number of hydrogen-bond donors (Lipinski definition) is 1. The number of nitrogens with zero attached hydrogens (tertiary/aromatic N) is 2. The third-order valence-corrected chi connectivity index (χ3v) is 4.54. The molecule has 0 saturated carbocycles. The number of nitrogens with one attached hydrogen (secondary N) is 1. The fraction of sp³-hybridized carbons (Fsp3) is 1.00. The van der Waals surface area contributed by atoms with Crippen molar-refractivity contribution < 1.29 is 0 Å². The van der Waals surface area contributed by atoms with Gasteiger partial charge in [0, 0.05) is 31.2 Å². The van der Waals surface area contributed by atoms with Crippen molar-refractivity contribution in [3.63, 3.8) is 0 Å². The van der Waals surface area contributed by atoms with Crippen molar-refractivity contribution in [3.8, 4) is 0 Å². The SMILES string of the molecule is CCCNC(C)C(C)N1CCC(N(CC)CC)C1. The maximum absolute atomic E-state index is 3.63. The highest BCUT2D eigenvalue weighted by molar-refractivity contribution is 4.88. The smallest absolute Gasteiger partial charge is 0.0235 e. The summed E-state index contributed by atoms with van der Waals surface area (Å²) >= 11 is 0. The van der Waals surface area contributed by atoms with Gasteiger partial charge < -0.3 is 5.32 Å². The Morgan fingerprint density at radius 1 is 1.22 bits per heavy atom. The van der Waals surface area contributed by atoms with Gasteiger partial charge in [0.25, 0.3) is 0 Å². The Labute approximate surface area is 114 Å². The molecule has 0 aliphatic carbocycles. The Morgan fingerprint density at radius 2 is 1.89 bits per heavy atom. The highest BCUT2D eigenvalue weighted by Crippen LogP contribution is 2.19. The lowest BCUT2D eigenvalue weighted by molar-refractivity contribution is 0.175. The minimum Gasteiger partial charge on any atom is -0.313 e. The Hall–Kier alpha value is -0.120. The number of hydrogen-bond acceptors (Lipinski definition) is 3. The first-order valence-electron chi connectivity index (χ1n) is 7.85. The average Bonchev–Trinajstić information content (AvgIpc) is 2.86. The summed E-state index contributed by atoms with van der Waals surface area (Å²) in [7, 11) is 0. The molecule has 0 spiro atoms. The fourth-order valence-electron chi connectivity index (χ4n) is 3.03. The van der Waals surface area contributed by atoms with E-state index in [9.17, 15) is 0 Å². The van der Waals surface area contributed by atoms with Crippen molar-refractivity contribution in [2.75, 3.05) is 32.7 Å². The molecular formula is C15H33N3. The van der Waals surface area contributed by atoms with E-state index in [0.717, 1.165) is 12.6 Å². The van der Waals surface area contributed by atoms with Crippen molar-refractivity contribution in [1.82, 2.24) is 15.1 Å². The molecule has 0 amide bonds. The van der Waals surface area contributed by atoms with Gasteiger partial charge in [-0.3, -0.25) is 9.80 Å². The van der Waals surface area contributed by atoms with E-state index in [0.29, 0.717) is 12.1 Å². The van der Waals surface area contributed by atoms with Crippen molar-refractivity contribution in [3.05, 3.63) is 0 Å². The van der Waals surface area contributed by atoms with Crippen LogP contribution in [0.1, 0.15) is 47.5 Å². The summed E-state index contributed by atoms with van der Waals surface area (Å²) in [5, 5.41) is 3.63. The van der Waals surface area contributed by atoms with E-state index in [4.69, 9.17) is 0 Å². The molecule has 0 aromatic heterocycles. The van der Waals surface area contributed by atoms with Crippen LogP contribution in [0.25, 0.3) is 0 Å². The van der Waals surface area contributed by atoms with Crippen molar-refractivity contribution in [2.45, 2.75) is 65.6 Å². The molecule has 0 aromatic rings. The monoisotopic (exact) mass is 255 g/mol. The van der Waals surface area contributed by atoms with Gasteiger partial charge >= 0.3 is 0 Å². The summed E-state index contributed by atoms with van der Waals surface area (Å²) in [6.07, 6.45) is 2.56. The van der Waals surface area contributed by atoms with E-state index in [-0.39, 0.29) is 0 Å². The van der Waals surface area contributed by atoms with Crippen LogP contribution in [0.2, 0.25) is 0 Å². The molecule has 3 nitrogen and oxygen atoms in total. The topological polar surface area (TPSA) is 18.5 Å². The first kappa shape index (κ1) is 15.9. The third-order valence-electron chi connectivity index (χ3n) is 4.54. The second-order valence-electron chi connectivity index (χ2n) is 5.64. The highest BCUT2D eigenvalue weighted by Gasteiger charge is 2.30. The molecule has 1 fully saturated rings. The van der Waals surface area contributed by atoms with Crippen LogP contribution in [-0.4, -0.2) is 60.6 Å². The first-order chi connectivity index (χ1) is 8.63. The van der Waals surface area contributed by atoms with Gasteiger partial charge in [-0.15, -0.1) is 0 Å². The van der Waals surface area contributed by atoms with Crippen LogP contribution in [0, 0.1) is 0 Å². The largest absolute Gasteiger partial charge is 0.313 e. The van der Waals surface area contributed by atoms with E-state index in [2.05, 4.69) is 49.7 Å². The van der Waals surface area contributed by atoms with Crippen LogP contribution >= 0.6 is 0 Å². The fourth-order valence-corrected chi connectivity index (χ4v) is 3.03.